The minimum Gasteiger partial charge on any atom is -0.508 e. The highest BCUT2D eigenvalue weighted by Gasteiger charge is 2.36. The molecular formula is C74H92ClN19O14. The van der Waals surface area contributed by atoms with Crippen LogP contribution >= 0.6 is 11.6 Å². The molecule has 108 heavy (non-hydrogen) atoms. The van der Waals surface area contributed by atoms with Crippen molar-refractivity contribution in [3.05, 3.63) is 191 Å². The average molecular weight is 1510 g/mol. The molecule has 0 unspecified atom stereocenters. The lowest BCUT2D eigenvalue weighted by molar-refractivity contribution is -0.141. The number of nitrogens with zero attached hydrogens (tertiary/aromatic N) is 2. The number of carbonyl (C=O) groups excluding carboxylic acids is 11. The standard InChI is InChI=1S/C74H92ClN19O14/c1-42(87-66(101)52(76)31-45-23-27-50(95)28-24-45)65(100)85-40-62(96)88-58(33-44-15-6-3-7-16-44)68(103)82-29-11-10-19-55(69(104)94-61(37-63(97)98)73(108)91-57(64(78)99)32-43-13-4-2-5-14-43)89-72(107)60(35-47-38-84-54-18-9-8-17-51(47)54)93-70(105)56(20-12-30-83-74(79)80)90-71(106)59(34-46-21-25-48(75)26-22-46)92-67(102)53(77)36-49-39-81-41-86-49/h2-9,13-18,21-28,38-39,41-42,52-53,55-61,84,95H,10-12,19-20,29-37,40,76-77H2,1H3,(H2,78,99)(H,81,86)(H,82,103)(H,85,100)(H,87,101)(H,88,96)(H,89,107)(H,90,106)(H,91,108)(H,92,102)(H,93,105)(H,94,104)(H,97,98)(H4,79,80,83)/t42-,52+,53+,55+,56+,57+,58+,59-,60+,61+/m1/s1. The average Bonchev–Trinajstić information content (AvgIpc) is 1.64. The fourth-order valence-corrected chi connectivity index (χ4v) is 11.6. The van der Waals surface area contributed by atoms with Gasteiger partial charge < -0.3 is 102 Å². The van der Waals surface area contributed by atoms with Crippen LogP contribution in [-0.2, 0) is 96.1 Å². The van der Waals surface area contributed by atoms with E-state index in [-0.39, 0.29) is 95.4 Å². The molecule has 0 saturated carbocycles. The predicted molar refractivity (Wildman–Crippen MR) is 400 cm³/mol. The van der Waals surface area contributed by atoms with Crippen LogP contribution in [0.25, 0.3) is 10.9 Å². The topological polar surface area (TPSA) is 553 Å². The van der Waals surface area contributed by atoms with Gasteiger partial charge in [-0.25, -0.2) is 4.98 Å². The van der Waals surface area contributed by atoms with Crippen LogP contribution in [0.2, 0.25) is 5.02 Å². The van der Waals surface area contributed by atoms with Gasteiger partial charge in [0, 0.05) is 79.2 Å². The Hall–Kier alpha value is -12.2. The molecule has 0 spiro atoms. The number of aromatic nitrogens is 3. The third-order valence-electron chi connectivity index (χ3n) is 17.3. The maximum atomic E-state index is 15.3. The highest BCUT2D eigenvalue weighted by atomic mass is 35.5. The quantitative estimate of drug-likeness (QED) is 0.0123. The van der Waals surface area contributed by atoms with Crippen LogP contribution < -0.4 is 81.8 Å². The lowest BCUT2D eigenvalue weighted by atomic mass is 10.0. The van der Waals surface area contributed by atoms with E-state index in [0.29, 0.717) is 49.4 Å². The van der Waals surface area contributed by atoms with E-state index in [1.165, 1.54) is 31.6 Å². The Morgan fingerprint density at radius 3 is 1.58 bits per heavy atom. The van der Waals surface area contributed by atoms with Crippen molar-refractivity contribution in [2.75, 3.05) is 19.6 Å². The Morgan fingerprint density at radius 2 is 0.981 bits per heavy atom. The molecule has 2 aromatic heterocycles. The monoisotopic (exact) mass is 1510 g/mol. The number of guanidine groups is 1. The second-order valence-corrected chi connectivity index (χ2v) is 26.2. The first-order valence-corrected chi connectivity index (χ1v) is 35.2. The molecule has 0 aliphatic rings. The molecule has 11 amide bonds. The first-order chi connectivity index (χ1) is 51.7. The molecule has 0 aliphatic carbocycles. The summed E-state index contributed by atoms with van der Waals surface area (Å²) < 4.78 is 0. The summed E-state index contributed by atoms with van der Waals surface area (Å²) in [5.41, 5.74) is 33.6. The summed E-state index contributed by atoms with van der Waals surface area (Å²) in [6.07, 6.45) is 2.77. The number of H-pyrrole nitrogens is 2. The summed E-state index contributed by atoms with van der Waals surface area (Å²) in [6, 6.07) is 22.7. The number of halogens is 1. The normalized spacial score (nSPS) is 13.8. The first kappa shape index (κ1) is 83.0. The summed E-state index contributed by atoms with van der Waals surface area (Å²) in [4.78, 5) is 181. The molecule has 574 valence electrons. The van der Waals surface area contributed by atoms with E-state index in [9.17, 15) is 58.2 Å². The molecule has 34 heteroatoms. The van der Waals surface area contributed by atoms with E-state index < -0.39 is 144 Å². The molecule has 7 aromatic rings. The molecule has 0 fully saturated rings. The van der Waals surface area contributed by atoms with E-state index in [2.05, 4.69) is 73.1 Å². The Bertz CT molecular complexity index is 4220. The van der Waals surface area contributed by atoms with Crippen molar-refractivity contribution in [2.24, 2.45) is 33.7 Å². The zero-order valence-electron chi connectivity index (χ0n) is 59.3. The number of aliphatic carboxylic acids is 1. The molecule has 10 atom stereocenters. The molecule has 7 rings (SSSR count). The van der Waals surface area contributed by atoms with Gasteiger partial charge in [0.25, 0.3) is 0 Å². The number of benzene rings is 5. The fourth-order valence-electron chi connectivity index (χ4n) is 11.5. The van der Waals surface area contributed by atoms with Crippen molar-refractivity contribution < 1.29 is 67.7 Å². The van der Waals surface area contributed by atoms with Crippen molar-refractivity contribution in [3.8, 4) is 5.75 Å². The number of aromatic hydroxyl groups is 1. The van der Waals surface area contributed by atoms with E-state index >= 15 is 9.59 Å². The van der Waals surface area contributed by atoms with Gasteiger partial charge in [0.15, 0.2) is 5.96 Å². The van der Waals surface area contributed by atoms with Crippen LogP contribution in [0.5, 0.6) is 5.75 Å². The first-order valence-electron chi connectivity index (χ1n) is 34.9. The number of amides is 11. The minimum absolute atomic E-state index is 0.00137. The SMILES string of the molecule is C[C@@H](NC(=O)[C@@H](N)Cc1ccc(O)cc1)C(=O)NCC(=O)N[C@@H](Cc1ccccc1)C(=O)NCCCC[C@H](NC(=O)[C@H](Cc1c[nH]c2ccccc12)NC(=O)[C@H](CCCN=C(N)N)NC(=O)[C@@H](Cc1ccc(Cl)cc1)NC(=O)[C@@H](N)Cc1cnc[nH]1)C(=O)N[C@@H](CC(=O)O)C(=O)N[C@@H](Cc1ccccc1)C(N)=O. The van der Waals surface area contributed by atoms with Gasteiger partial charge in [0.2, 0.25) is 65.0 Å². The van der Waals surface area contributed by atoms with Crippen LogP contribution in [0.15, 0.2) is 157 Å². The number of rotatable bonds is 43. The highest BCUT2D eigenvalue weighted by Crippen LogP contribution is 2.21. The van der Waals surface area contributed by atoms with E-state index in [1.54, 1.807) is 128 Å². The maximum absolute atomic E-state index is 15.3. The number of phenols is 1. The lowest BCUT2D eigenvalue weighted by Crippen LogP contribution is -2.60. The number of carboxylic acids is 1. The fraction of sp³-hybridized carbons (Fsp3) is 0.351. The van der Waals surface area contributed by atoms with E-state index in [4.69, 9.17) is 40.3 Å². The second-order valence-electron chi connectivity index (χ2n) is 25.8. The van der Waals surface area contributed by atoms with Gasteiger partial charge in [-0.3, -0.25) is 62.5 Å². The summed E-state index contributed by atoms with van der Waals surface area (Å²) >= 11 is 6.21. The van der Waals surface area contributed by atoms with E-state index in [1.807, 2.05) is 0 Å². The second kappa shape index (κ2) is 42.1. The number of hydrogen-bond acceptors (Lipinski definition) is 17. The maximum Gasteiger partial charge on any atom is 0.305 e. The van der Waals surface area contributed by atoms with Crippen LogP contribution in [0.3, 0.4) is 0 Å². The number of unbranched alkanes of at least 4 members (excludes halogenated alkanes) is 1. The number of hydrogen-bond donors (Lipinski definition) is 19. The molecule has 2 heterocycles. The molecule has 0 bridgehead atoms. The molecule has 5 aromatic carbocycles. The number of carbonyl (C=O) groups is 12. The van der Waals surface area contributed by atoms with Crippen LogP contribution in [0.4, 0.5) is 0 Å². The Kier molecular flexibility index (Phi) is 32.3. The van der Waals surface area contributed by atoms with Crippen molar-refractivity contribution >= 4 is 99.4 Å². The number of primary amides is 1. The number of para-hydroxylation sites is 1. The third kappa shape index (κ3) is 27.7. The zero-order chi connectivity index (χ0) is 78.2. The molecule has 0 saturated heterocycles. The molecule has 0 radical (unpaired) electrons. The van der Waals surface area contributed by atoms with Gasteiger partial charge in [0.05, 0.1) is 31.4 Å². The lowest BCUT2D eigenvalue weighted by Gasteiger charge is -2.28. The number of nitrogens with two attached hydrogens (primary N) is 5. The van der Waals surface area contributed by atoms with Crippen molar-refractivity contribution in [2.45, 2.75) is 144 Å². The Morgan fingerprint density at radius 1 is 0.491 bits per heavy atom. The number of aliphatic imine (C=N–C) groups is 1. The third-order valence-corrected chi connectivity index (χ3v) is 17.5. The number of fused-ring (bicyclic) bond motifs is 1. The minimum atomic E-state index is -1.89. The van der Waals surface area contributed by atoms with Crippen molar-refractivity contribution in [1.29, 1.82) is 0 Å². The largest absolute Gasteiger partial charge is 0.508 e. The predicted octanol–water partition coefficient (Wildman–Crippen LogP) is -1.02. The number of aromatic amines is 2. The van der Waals surface area contributed by atoms with Gasteiger partial charge in [0.1, 0.15) is 54.1 Å². The molecule has 24 N–H and O–H groups in total. The van der Waals surface area contributed by atoms with Gasteiger partial charge in [-0.15, -0.1) is 0 Å². The van der Waals surface area contributed by atoms with Crippen molar-refractivity contribution in [3.63, 3.8) is 0 Å². The van der Waals surface area contributed by atoms with Gasteiger partial charge in [-0.05, 0) is 104 Å². The number of nitrogens with one attached hydrogen (secondary N) is 12. The van der Waals surface area contributed by atoms with Crippen molar-refractivity contribution in [1.82, 2.24) is 68.1 Å². The Labute approximate surface area is 626 Å². The van der Waals surface area contributed by atoms with Gasteiger partial charge in [-0.1, -0.05) is 115 Å². The summed E-state index contributed by atoms with van der Waals surface area (Å²) in [5, 5.41) is 46.9. The number of phenolic OH excluding ortho intramolecular Hbond substituents is 1. The number of imidazole rings is 1. The smallest absolute Gasteiger partial charge is 0.305 e. The summed E-state index contributed by atoms with van der Waals surface area (Å²) in [7, 11) is 0. The molecular weight excluding hydrogens is 1410 g/mol. The van der Waals surface area contributed by atoms with E-state index in [0.717, 1.165) is 0 Å². The van der Waals surface area contributed by atoms with Crippen LogP contribution in [-0.4, -0.2) is 182 Å². The van der Waals surface area contributed by atoms with Gasteiger partial charge in [-0.2, -0.15) is 0 Å². The highest BCUT2D eigenvalue weighted by molar-refractivity contribution is 6.30. The zero-order valence-corrected chi connectivity index (χ0v) is 60.0. The summed E-state index contributed by atoms with van der Waals surface area (Å²) in [5.74, 6) is -11.3. The molecule has 33 nitrogen and oxygen atoms in total. The Balaban J connectivity index is 1.12. The number of carboxylic acid groups (broad SMARTS) is 1. The van der Waals surface area contributed by atoms with Crippen LogP contribution in [0, 0.1) is 0 Å². The summed E-state index contributed by atoms with van der Waals surface area (Å²) in [6.45, 7) is 0.650. The van der Waals surface area contributed by atoms with Crippen LogP contribution in [0.1, 0.15) is 79.0 Å². The van der Waals surface area contributed by atoms with Gasteiger partial charge >= 0.3 is 5.97 Å². The molecule has 0 aliphatic heterocycles.